The molecule has 0 spiro atoms. The third-order valence-electron chi connectivity index (χ3n) is 6.10. The molecule has 1 aliphatic heterocycles. The molecule has 0 amide bonds. The minimum Gasteiger partial charge on any atom is -0.386 e. The van der Waals surface area contributed by atoms with Crippen molar-refractivity contribution < 1.29 is 5.11 Å². The van der Waals surface area contributed by atoms with Gasteiger partial charge in [0.2, 0.25) is 5.95 Å². The number of aliphatic hydroxyl groups is 1. The summed E-state index contributed by atoms with van der Waals surface area (Å²) in [4.78, 5) is 13.9. The van der Waals surface area contributed by atoms with Crippen LogP contribution in [0.4, 0.5) is 17.3 Å². The predicted octanol–water partition coefficient (Wildman–Crippen LogP) is 3.54. The van der Waals surface area contributed by atoms with E-state index >= 15 is 0 Å². The Hall–Kier alpha value is -3.49. The molecule has 8 heteroatoms. The van der Waals surface area contributed by atoms with Gasteiger partial charge in [-0.3, -0.25) is 0 Å². The Kier molecular flexibility index (Phi) is 5.47. The second kappa shape index (κ2) is 8.46. The molecule has 170 valence electrons. The molecule has 1 aliphatic rings. The molecule has 5 rings (SSSR count). The van der Waals surface area contributed by atoms with E-state index in [1.165, 1.54) is 5.69 Å². The van der Waals surface area contributed by atoms with E-state index in [2.05, 4.69) is 56.5 Å². The highest BCUT2D eigenvalue weighted by atomic mass is 16.3. The highest BCUT2D eigenvalue weighted by Gasteiger charge is 2.18. The van der Waals surface area contributed by atoms with E-state index in [4.69, 9.17) is 4.98 Å². The Balaban J connectivity index is 1.38. The van der Waals surface area contributed by atoms with Crippen molar-refractivity contribution in [1.82, 2.24) is 24.6 Å². The molecule has 33 heavy (non-hydrogen) atoms. The first kappa shape index (κ1) is 21.4. The predicted molar refractivity (Wildman–Crippen MR) is 131 cm³/mol. The third-order valence-corrected chi connectivity index (χ3v) is 6.10. The van der Waals surface area contributed by atoms with Crippen LogP contribution >= 0.6 is 0 Å². The summed E-state index contributed by atoms with van der Waals surface area (Å²) in [6.45, 7) is 7.79. The highest BCUT2D eigenvalue weighted by molar-refractivity contribution is 5.77. The van der Waals surface area contributed by atoms with Crippen LogP contribution in [0.15, 0.2) is 60.9 Å². The largest absolute Gasteiger partial charge is 0.386 e. The van der Waals surface area contributed by atoms with Crippen molar-refractivity contribution in [3.05, 3.63) is 66.5 Å². The number of likely N-dealkylation sites (N-methyl/N-ethyl adjacent to an activating group) is 1. The van der Waals surface area contributed by atoms with E-state index in [0.29, 0.717) is 11.6 Å². The number of benzene rings is 2. The number of nitrogens with one attached hydrogen (secondary N) is 1. The van der Waals surface area contributed by atoms with Gasteiger partial charge in [-0.2, -0.15) is 10.1 Å². The zero-order valence-corrected chi connectivity index (χ0v) is 19.2. The fraction of sp³-hybridized carbons (Fsp3) is 0.320. The fourth-order valence-corrected chi connectivity index (χ4v) is 4.03. The maximum absolute atomic E-state index is 10.4. The zero-order chi connectivity index (χ0) is 23.0. The number of nitrogens with zero attached hydrogens (tertiary/aromatic N) is 6. The lowest BCUT2D eigenvalue weighted by Gasteiger charge is -2.34. The molecule has 1 fully saturated rings. The average Bonchev–Trinajstić information content (AvgIpc) is 3.23. The Labute approximate surface area is 193 Å². The summed E-state index contributed by atoms with van der Waals surface area (Å²) in [5.74, 6) is 0.509. The van der Waals surface area contributed by atoms with Crippen LogP contribution in [0, 0.1) is 0 Å². The molecular weight excluding hydrogens is 414 g/mol. The van der Waals surface area contributed by atoms with E-state index in [1.807, 2.05) is 24.3 Å². The number of rotatable bonds is 5. The minimum absolute atomic E-state index is 0.509. The highest BCUT2D eigenvalue weighted by Crippen LogP contribution is 2.25. The lowest BCUT2D eigenvalue weighted by molar-refractivity contribution is 0.0786. The van der Waals surface area contributed by atoms with Gasteiger partial charge in [-0.1, -0.05) is 12.1 Å². The van der Waals surface area contributed by atoms with Crippen LogP contribution < -0.4 is 10.2 Å². The number of fused-ring (bicyclic) bond motifs is 1. The number of piperazine rings is 1. The number of hydrogen-bond acceptors (Lipinski definition) is 7. The van der Waals surface area contributed by atoms with Crippen LogP contribution in [-0.4, -0.2) is 63.0 Å². The van der Waals surface area contributed by atoms with Gasteiger partial charge < -0.3 is 20.2 Å². The van der Waals surface area contributed by atoms with Gasteiger partial charge in [0.05, 0.1) is 22.9 Å². The van der Waals surface area contributed by atoms with Crippen molar-refractivity contribution in [3.8, 4) is 5.69 Å². The van der Waals surface area contributed by atoms with Crippen molar-refractivity contribution in [2.75, 3.05) is 43.4 Å². The normalized spacial score (nSPS) is 15.2. The van der Waals surface area contributed by atoms with Crippen molar-refractivity contribution >= 4 is 28.4 Å². The fourth-order valence-electron chi connectivity index (χ4n) is 4.03. The summed E-state index contributed by atoms with van der Waals surface area (Å²) in [7, 11) is 2.16. The van der Waals surface area contributed by atoms with Gasteiger partial charge in [-0.25, -0.2) is 9.67 Å². The van der Waals surface area contributed by atoms with E-state index in [-0.39, 0.29) is 0 Å². The Morgan fingerprint density at radius 3 is 2.42 bits per heavy atom. The van der Waals surface area contributed by atoms with E-state index in [0.717, 1.165) is 48.5 Å². The summed E-state index contributed by atoms with van der Waals surface area (Å²) in [6.07, 6.45) is 3.52. The van der Waals surface area contributed by atoms with E-state index < -0.39 is 5.60 Å². The smallest absolute Gasteiger partial charge is 0.229 e. The molecule has 2 aromatic carbocycles. The molecule has 0 saturated carbocycles. The van der Waals surface area contributed by atoms with Gasteiger partial charge >= 0.3 is 0 Å². The van der Waals surface area contributed by atoms with Crippen molar-refractivity contribution in [3.63, 3.8) is 0 Å². The molecule has 8 nitrogen and oxygen atoms in total. The van der Waals surface area contributed by atoms with Gasteiger partial charge in [-0.15, -0.1) is 0 Å². The quantitative estimate of drug-likeness (QED) is 0.488. The van der Waals surface area contributed by atoms with Crippen LogP contribution in [0.5, 0.6) is 0 Å². The molecule has 0 aliphatic carbocycles. The van der Waals surface area contributed by atoms with Crippen LogP contribution in [0.3, 0.4) is 0 Å². The van der Waals surface area contributed by atoms with Gasteiger partial charge in [0.15, 0.2) is 5.65 Å². The average molecular weight is 444 g/mol. The molecule has 2 aromatic heterocycles. The third kappa shape index (κ3) is 4.53. The van der Waals surface area contributed by atoms with Crippen LogP contribution in [-0.2, 0) is 5.60 Å². The zero-order valence-electron chi connectivity index (χ0n) is 19.2. The first-order valence-corrected chi connectivity index (χ1v) is 11.2. The molecule has 3 heterocycles. The number of anilines is 3. The first-order valence-electron chi connectivity index (χ1n) is 11.2. The SMILES string of the molecule is CN1CCN(c2ccc(Nc3ncc4cnn(-c5cccc(C(C)(C)O)c5)c4n3)cc2)CC1. The maximum Gasteiger partial charge on any atom is 0.229 e. The van der Waals surface area contributed by atoms with Gasteiger partial charge in [0, 0.05) is 43.8 Å². The lowest BCUT2D eigenvalue weighted by atomic mass is 9.98. The monoisotopic (exact) mass is 443 g/mol. The Morgan fingerprint density at radius 2 is 1.70 bits per heavy atom. The summed E-state index contributed by atoms with van der Waals surface area (Å²) >= 11 is 0. The molecule has 0 atom stereocenters. The topological polar surface area (TPSA) is 82.3 Å². The molecule has 0 bridgehead atoms. The molecular formula is C25H29N7O. The van der Waals surface area contributed by atoms with Crippen LogP contribution in [0.25, 0.3) is 16.7 Å². The molecule has 4 aromatic rings. The van der Waals surface area contributed by atoms with Gasteiger partial charge in [-0.05, 0) is 62.9 Å². The summed E-state index contributed by atoms with van der Waals surface area (Å²) in [5.41, 5.74) is 3.59. The van der Waals surface area contributed by atoms with Crippen molar-refractivity contribution in [2.24, 2.45) is 0 Å². The number of aromatic nitrogens is 4. The first-order chi connectivity index (χ1) is 15.9. The standard InChI is InChI=1S/C25H29N7O/c1-25(2,33)19-5-4-6-22(15-19)32-23-18(17-27-32)16-26-24(29-23)28-20-7-9-21(10-8-20)31-13-11-30(3)12-14-31/h4-10,15-17,33H,11-14H2,1-3H3,(H,26,28,29). The summed E-state index contributed by atoms with van der Waals surface area (Å²) in [5, 5.41) is 19.0. The Bertz CT molecular complexity index is 1250. The van der Waals surface area contributed by atoms with Crippen molar-refractivity contribution in [1.29, 1.82) is 0 Å². The van der Waals surface area contributed by atoms with E-state index in [9.17, 15) is 5.11 Å². The lowest BCUT2D eigenvalue weighted by Crippen LogP contribution is -2.44. The second-order valence-electron chi connectivity index (χ2n) is 9.10. The maximum atomic E-state index is 10.4. The molecule has 0 unspecified atom stereocenters. The summed E-state index contributed by atoms with van der Waals surface area (Å²) < 4.78 is 1.77. The second-order valence-corrected chi connectivity index (χ2v) is 9.10. The minimum atomic E-state index is -0.934. The molecule has 2 N–H and O–H groups in total. The van der Waals surface area contributed by atoms with Gasteiger partial charge in [0.1, 0.15) is 0 Å². The van der Waals surface area contributed by atoms with E-state index in [1.54, 1.807) is 30.9 Å². The van der Waals surface area contributed by atoms with Crippen LogP contribution in [0.1, 0.15) is 19.4 Å². The Morgan fingerprint density at radius 1 is 0.939 bits per heavy atom. The van der Waals surface area contributed by atoms with Crippen molar-refractivity contribution in [2.45, 2.75) is 19.4 Å². The number of hydrogen-bond donors (Lipinski definition) is 2. The molecule has 1 saturated heterocycles. The summed E-state index contributed by atoms with van der Waals surface area (Å²) in [6, 6.07) is 16.1. The van der Waals surface area contributed by atoms with Crippen LogP contribution in [0.2, 0.25) is 0 Å². The van der Waals surface area contributed by atoms with Gasteiger partial charge in [0.25, 0.3) is 0 Å². The molecule has 0 radical (unpaired) electrons.